The summed E-state index contributed by atoms with van der Waals surface area (Å²) in [6, 6.07) is 12.8. The van der Waals surface area contributed by atoms with E-state index in [0.717, 1.165) is 12.8 Å². The van der Waals surface area contributed by atoms with Gasteiger partial charge in [0.2, 0.25) is 15.0 Å². The summed E-state index contributed by atoms with van der Waals surface area (Å²) < 4.78 is 54.2. The van der Waals surface area contributed by atoms with E-state index >= 15 is 0 Å². The molecular formula is C28H34FN3O5S. The van der Waals surface area contributed by atoms with Gasteiger partial charge in [0.05, 0.1) is 43.0 Å². The van der Waals surface area contributed by atoms with Crippen molar-refractivity contribution in [3.8, 4) is 5.75 Å². The lowest BCUT2D eigenvalue weighted by Crippen LogP contribution is -2.38. The summed E-state index contributed by atoms with van der Waals surface area (Å²) in [6.45, 7) is 5.31. The number of amides is 1. The summed E-state index contributed by atoms with van der Waals surface area (Å²) in [7, 11) is -2.29. The maximum atomic E-state index is 14.5. The molecule has 1 fully saturated rings. The highest BCUT2D eigenvalue weighted by atomic mass is 32.2. The minimum Gasteiger partial charge on any atom is -0.497 e. The first kappa shape index (κ1) is 27.8. The van der Waals surface area contributed by atoms with Gasteiger partial charge in [-0.2, -0.15) is 0 Å². The van der Waals surface area contributed by atoms with Crippen LogP contribution >= 0.6 is 0 Å². The minimum atomic E-state index is -3.82. The molecule has 1 atom stereocenters. The summed E-state index contributed by atoms with van der Waals surface area (Å²) in [5.74, 6) is -0.640. The van der Waals surface area contributed by atoms with Crippen molar-refractivity contribution >= 4 is 15.7 Å². The number of methoxy groups -OCH3 is 1. The van der Waals surface area contributed by atoms with Gasteiger partial charge in [-0.25, -0.2) is 17.8 Å². The average Bonchev–Trinajstić information content (AvgIpc) is 3.53. The summed E-state index contributed by atoms with van der Waals surface area (Å²) in [5, 5.41) is -0.0561. The number of hydrogen-bond donors (Lipinski definition) is 0. The second-order valence-electron chi connectivity index (χ2n) is 9.95. The number of hydrogen-bond acceptors (Lipinski definition) is 6. The van der Waals surface area contributed by atoms with Gasteiger partial charge in [0.25, 0.3) is 5.91 Å². The quantitative estimate of drug-likeness (QED) is 0.354. The SMILES string of the molecule is COc1cccc(CS(=O)(=O)c2ncc(CN(CC3CCCO3)C(=O)c3ccccc3F)n2CC(C)C)c1. The van der Waals surface area contributed by atoms with Gasteiger partial charge in [0, 0.05) is 19.7 Å². The second kappa shape index (κ2) is 12.1. The Hall–Kier alpha value is -3.24. The van der Waals surface area contributed by atoms with Crippen LogP contribution in [0.25, 0.3) is 0 Å². The predicted molar refractivity (Wildman–Crippen MR) is 141 cm³/mol. The van der Waals surface area contributed by atoms with Crippen LogP contribution in [0.15, 0.2) is 59.9 Å². The normalized spacial score (nSPS) is 15.7. The number of sulfone groups is 1. The Bertz CT molecular complexity index is 1370. The summed E-state index contributed by atoms with van der Waals surface area (Å²) in [5.41, 5.74) is 1.11. The van der Waals surface area contributed by atoms with Crippen LogP contribution in [0, 0.1) is 11.7 Å². The molecule has 2 heterocycles. The lowest BCUT2D eigenvalue weighted by molar-refractivity contribution is 0.0497. The van der Waals surface area contributed by atoms with E-state index < -0.39 is 21.6 Å². The number of benzene rings is 2. The lowest BCUT2D eigenvalue weighted by atomic mass is 10.1. The van der Waals surface area contributed by atoms with Crippen molar-refractivity contribution in [1.29, 1.82) is 0 Å². The van der Waals surface area contributed by atoms with E-state index in [4.69, 9.17) is 9.47 Å². The maximum absolute atomic E-state index is 14.5. The molecule has 1 aliphatic rings. The number of imidazole rings is 1. The summed E-state index contributed by atoms with van der Waals surface area (Å²) in [4.78, 5) is 19.3. The van der Waals surface area contributed by atoms with E-state index in [2.05, 4.69) is 4.98 Å². The predicted octanol–water partition coefficient (Wildman–Crippen LogP) is 4.48. The first-order chi connectivity index (χ1) is 18.2. The topological polar surface area (TPSA) is 90.7 Å². The van der Waals surface area contributed by atoms with Crippen LogP contribution in [0.1, 0.15) is 48.3 Å². The minimum absolute atomic E-state index is 0.0358. The van der Waals surface area contributed by atoms with Crippen molar-refractivity contribution in [2.75, 3.05) is 20.3 Å². The molecule has 1 saturated heterocycles. The number of aromatic nitrogens is 2. The zero-order valence-corrected chi connectivity index (χ0v) is 22.8. The number of carbonyl (C=O) groups excluding carboxylic acids is 1. The number of carbonyl (C=O) groups is 1. The molecule has 4 rings (SSSR count). The van der Waals surface area contributed by atoms with Crippen LogP contribution in [0.2, 0.25) is 0 Å². The molecule has 2 aromatic carbocycles. The van der Waals surface area contributed by atoms with Crippen LogP contribution in [0.5, 0.6) is 5.75 Å². The first-order valence-corrected chi connectivity index (χ1v) is 14.4. The fraction of sp³-hybridized carbons (Fsp3) is 0.429. The van der Waals surface area contributed by atoms with E-state index in [1.807, 2.05) is 13.8 Å². The fourth-order valence-electron chi connectivity index (χ4n) is 4.63. The zero-order valence-electron chi connectivity index (χ0n) is 22.0. The Morgan fingerprint density at radius 3 is 2.71 bits per heavy atom. The highest BCUT2D eigenvalue weighted by Crippen LogP contribution is 2.24. The van der Waals surface area contributed by atoms with Gasteiger partial charge in [-0.3, -0.25) is 4.79 Å². The molecule has 1 unspecified atom stereocenters. The molecule has 0 aliphatic carbocycles. The Balaban J connectivity index is 1.67. The highest BCUT2D eigenvalue weighted by Gasteiger charge is 2.29. The van der Waals surface area contributed by atoms with Crippen molar-refractivity contribution in [2.45, 2.75) is 56.8 Å². The average molecular weight is 544 g/mol. The molecule has 204 valence electrons. The molecule has 0 radical (unpaired) electrons. The molecule has 0 N–H and O–H groups in total. The second-order valence-corrected chi connectivity index (χ2v) is 11.8. The summed E-state index contributed by atoms with van der Waals surface area (Å²) in [6.07, 6.45) is 3.03. The van der Waals surface area contributed by atoms with Gasteiger partial charge < -0.3 is 18.9 Å². The molecular weight excluding hydrogens is 509 g/mol. The van der Waals surface area contributed by atoms with Gasteiger partial charge in [-0.15, -0.1) is 0 Å². The van der Waals surface area contributed by atoms with Crippen LogP contribution in [0.4, 0.5) is 4.39 Å². The van der Waals surface area contributed by atoms with E-state index in [1.165, 1.54) is 36.4 Å². The molecule has 0 bridgehead atoms. The summed E-state index contributed by atoms with van der Waals surface area (Å²) >= 11 is 0. The molecule has 1 aromatic heterocycles. The van der Waals surface area contributed by atoms with Crippen LogP contribution in [0.3, 0.4) is 0 Å². The van der Waals surface area contributed by atoms with Gasteiger partial charge in [-0.1, -0.05) is 38.1 Å². The monoisotopic (exact) mass is 543 g/mol. The van der Waals surface area contributed by atoms with Gasteiger partial charge in [0.1, 0.15) is 11.6 Å². The fourth-order valence-corrected chi connectivity index (χ4v) is 6.12. The van der Waals surface area contributed by atoms with E-state index in [1.54, 1.807) is 34.9 Å². The van der Waals surface area contributed by atoms with Crippen molar-refractivity contribution < 1.29 is 27.1 Å². The van der Waals surface area contributed by atoms with E-state index in [-0.39, 0.29) is 41.6 Å². The Morgan fingerprint density at radius 2 is 2.03 bits per heavy atom. The van der Waals surface area contributed by atoms with Crippen LogP contribution in [-0.2, 0) is 33.4 Å². The number of nitrogens with zero attached hydrogens (tertiary/aromatic N) is 3. The van der Waals surface area contributed by atoms with Gasteiger partial charge in [0.15, 0.2) is 0 Å². The van der Waals surface area contributed by atoms with Crippen molar-refractivity contribution in [2.24, 2.45) is 5.92 Å². The Kier molecular flexibility index (Phi) is 8.83. The molecule has 10 heteroatoms. The molecule has 0 saturated carbocycles. The van der Waals surface area contributed by atoms with Crippen LogP contribution < -0.4 is 4.74 Å². The molecule has 3 aromatic rings. The van der Waals surface area contributed by atoms with Crippen LogP contribution in [-0.4, -0.2) is 55.1 Å². The third-order valence-corrected chi connectivity index (χ3v) is 8.01. The molecule has 1 amide bonds. The molecule has 1 aliphatic heterocycles. The molecule has 38 heavy (non-hydrogen) atoms. The van der Waals surface area contributed by atoms with Crippen molar-refractivity contribution in [3.63, 3.8) is 0 Å². The van der Waals surface area contributed by atoms with E-state index in [0.29, 0.717) is 30.2 Å². The Labute approximate surface area is 223 Å². The van der Waals surface area contributed by atoms with Crippen molar-refractivity contribution in [1.82, 2.24) is 14.5 Å². The third kappa shape index (κ3) is 6.60. The lowest BCUT2D eigenvalue weighted by Gasteiger charge is -2.26. The van der Waals surface area contributed by atoms with E-state index in [9.17, 15) is 17.6 Å². The molecule has 8 nitrogen and oxygen atoms in total. The smallest absolute Gasteiger partial charge is 0.257 e. The number of rotatable bonds is 11. The Morgan fingerprint density at radius 1 is 1.24 bits per heavy atom. The maximum Gasteiger partial charge on any atom is 0.257 e. The van der Waals surface area contributed by atoms with Gasteiger partial charge in [-0.05, 0) is 48.6 Å². The third-order valence-electron chi connectivity index (χ3n) is 6.41. The standard InChI is InChI=1S/C28H34FN3O5S/c1-20(2)16-32-22(15-30-28(32)38(34,35)19-21-8-6-9-23(14-21)36-3)17-31(18-24-10-7-13-37-24)27(33)25-11-4-5-12-26(25)29/h4-6,8-9,11-12,14-15,20,24H,7,10,13,16-19H2,1-3H3. The highest BCUT2D eigenvalue weighted by molar-refractivity contribution is 7.90. The number of halogens is 1. The first-order valence-electron chi connectivity index (χ1n) is 12.7. The van der Waals surface area contributed by atoms with Gasteiger partial charge >= 0.3 is 0 Å². The number of ether oxygens (including phenoxy) is 2. The molecule has 0 spiro atoms. The van der Waals surface area contributed by atoms with Crippen molar-refractivity contribution in [3.05, 3.63) is 77.4 Å². The zero-order chi connectivity index (χ0) is 27.3. The largest absolute Gasteiger partial charge is 0.497 e.